The number of hydrogen-bond acceptors (Lipinski definition) is 7. The lowest BCUT2D eigenvalue weighted by Crippen LogP contribution is -2.42. The quantitative estimate of drug-likeness (QED) is 0.170. The van der Waals surface area contributed by atoms with Gasteiger partial charge in [-0.05, 0) is 160 Å². The van der Waals surface area contributed by atoms with Gasteiger partial charge in [-0.15, -0.1) is 0 Å². The van der Waals surface area contributed by atoms with Crippen LogP contribution in [0.2, 0.25) is 0 Å². The molecule has 13 aromatic carbocycles. The number of para-hydroxylation sites is 8. The first-order valence-corrected chi connectivity index (χ1v) is 34.4. The van der Waals surface area contributed by atoms with Crippen molar-refractivity contribution < 1.29 is 9.59 Å². The molecule has 101 heavy (non-hydrogen) atoms. The maximum absolute atomic E-state index is 13.7. The number of carbonyl (C=O) groups is 2. The number of carbonyl (C=O) groups excluding carboxylic acids is 2. The molecule has 7 heteroatoms. The van der Waals surface area contributed by atoms with Crippen molar-refractivity contribution >= 4 is 62.8 Å². The number of rotatable bonds is 5. The lowest BCUT2D eigenvalue weighted by atomic mass is 9.57. The fraction of sp³-hybridized carbons (Fsp3) is 0.0426. The Kier molecular flexibility index (Phi) is 14.6. The molecule has 2 spiro atoms. The summed E-state index contributed by atoms with van der Waals surface area (Å²) in [5, 5.41) is 0. The van der Waals surface area contributed by atoms with Crippen LogP contribution in [-0.4, -0.2) is 21.5 Å². The van der Waals surface area contributed by atoms with E-state index in [1.54, 1.807) is 0 Å². The van der Waals surface area contributed by atoms with Crippen LogP contribution in [0.15, 0.2) is 376 Å². The zero-order valence-corrected chi connectivity index (χ0v) is 55.3. The maximum atomic E-state index is 13.7. The standard InChI is InChI=1S/C33H23NO.C32H21NO.C29H21N3/c1-22-19-20-31-29(21-22)33(28-17-9-10-18-30(28)34(31)23-11-3-2-4-12-23)26-15-7-5-13-24(26)32(35)25-14-6-8-16-27(25)33;34-31-23-14-4-6-16-25(23)32(26-17-7-5-15-24(26)31)27-18-8-10-20-29(27)33(22-12-2-1-3-13-22)30-21-11-9-19-28(30)32;1-2-12-22(13-3-1)32-25-16-6-4-14-23(25)29(27-18-8-10-20-30-27,28-19-9-11-21-31-28)24-15-5-7-17-26(24)32/h2-21H,1H3;1-21H;1-21H. The molecule has 0 atom stereocenters. The van der Waals surface area contributed by atoms with E-state index in [1.165, 1.54) is 38.9 Å². The largest absolute Gasteiger partial charge is 0.310 e. The summed E-state index contributed by atoms with van der Waals surface area (Å²) in [6.07, 6.45) is 3.74. The molecule has 0 bridgehead atoms. The zero-order valence-electron chi connectivity index (χ0n) is 55.3. The third-order valence-electron chi connectivity index (χ3n) is 21.0. The molecular weight excluding hydrogens is 1230 g/mol. The fourth-order valence-corrected chi connectivity index (χ4v) is 17.1. The van der Waals surface area contributed by atoms with Gasteiger partial charge in [0.2, 0.25) is 0 Å². The van der Waals surface area contributed by atoms with Gasteiger partial charge >= 0.3 is 0 Å². The number of anilines is 9. The van der Waals surface area contributed by atoms with Gasteiger partial charge < -0.3 is 14.7 Å². The van der Waals surface area contributed by atoms with E-state index in [0.29, 0.717) is 0 Å². The van der Waals surface area contributed by atoms with Crippen LogP contribution in [0.25, 0.3) is 0 Å². The van der Waals surface area contributed by atoms with Crippen molar-refractivity contribution in [3.63, 3.8) is 0 Å². The summed E-state index contributed by atoms with van der Waals surface area (Å²) in [4.78, 5) is 44.2. The highest BCUT2D eigenvalue weighted by molar-refractivity contribution is 6.16. The van der Waals surface area contributed by atoms with Gasteiger partial charge in [-0.3, -0.25) is 19.6 Å². The van der Waals surface area contributed by atoms with E-state index >= 15 is 0 Å². The summed E-state index contributed by atoms with van der Waals surface area (Å²) in [7, 11) is 0. The van der Waals surface area contributed by atoms with E-state index in [0.717, 1.165) is 107 Å². The van der Waals surface area contributed by atoms with E-state index in [2.05, 4.69) is 319 Å². The van der Waals surface area contributed by atoms with Crippen LogP contribution in [0, 0.1) is 6.92 Å². The highest BCUT2D eigenvalue weighted by Gasteiger charge is 2.54. The minimum Gasteiger partial charge on any atom is -0.310 e. The number of ketones is 2. The van der Waals surface area contributed by atoms with Crippen molar-refractivity contribution in [3.8, 4) is 0 Å². The van der Waals surface area contributed by atoms with Crippen LogP contribution in [-0.2, 0) is 16.2 Å². The maximum Gasteiger partial charge on any atom is 0.193 e. The predicted octanol–water partition coefficient (Wildman–Crippen LogP) is 21.7. The van der Waals surface area contributed by atoms with Gasteiger partial charge in [0.15, 0.2) is 11.6 Å². The molecule has 478 valence electrons. The monoisotopic (exact) mass is 1300 g/mol. The molecule has 7 nitrogen and oxygen atoms in total. The molecule has 0 N–H and O–H groups in total. The summed E-state index contributed by atoms with van der Waals surface area (Å²) < 4.78 is 0. The smallest absolute Gasteiger partial charge is 0.193 e. The van der Waals surface area contributed by atoms with Crippen molar-refractivity contribution in [1.82, 2.24) is 9.97 Å². The van der Waals surface area contributed by atoms with Gasteiger partial charge in [-0.25, -0.2) is 0 Å². The SMILES string of the molecule is Cc1ccc2c(c1)C1(c3ccccc3C(=O)c3ccccc31)c1ccccc1N2c1ccccc1.O=C1c2ccccc2C2(c3ccccc31)c1ccccc1N(c1ccccc1)c1ccccc12.c1ccc(N2c3ccccc3C(c3ccccn3)(c3ccccn3)c3ccccc32)cc1. The zero-order chi connectivity index (χ0) is 67.7. The van der Waals surface area contributed by atoms with Crippen molar-refractivity contribution in [2.45, 2.75) is 23.2 Å². The molecule has 2 aliphatic carbocycles. The molecule has 0 saturated heterocycles. The summed E-state index contributed by atoms with van der Waals surface area (Å²) in [5.41, 5.74) is 25.9. The van der Waals surface area contributed by atoms with Crippen LogP contribution >= 0.6 is 0 Å². The van der Waals surface area contributed by atoms with E-state index < -0.39 is 16.2 Å². The Labute approximate surface area is 587 Å². The molecule has 2 aromatic heterocycles. The minimum atomic E-state index is -0.624. The summed E-state index contributed by atoms with van der Waals surface area (Å²) >= 11 is 0. The van der Waals surface area contributed by atoms with Gasteiger partial charge in [-0.2, -0.15) is 0 Å². The molecule has 5 aliphatic rings. The van der Waals surface area contributed by atoms with Crippen LogP contribution in [0.4, 0.5) is 51.2 Å². The lowest BCUT2D eigenvalue weighted by molar-refractivity contribution is 0.102. The summed E-state index contributed by atoms with van der Waals surface area (Å²) in [6.45, 7) is 2.15. The second kappa shape index (κ2) is 24.5. The number of benzene rings is 13. The van der Waals surface area contributed by atoms with E-state index in [9.17, 15) is 9.59 Å². The van der Waals surface area contributed by atoms with Gasteiger partial charge in [-0.1, -0.05) is 272 Å². The predicted molar refractivity (Wildman–Crippen MR) is 406 cm³/mol. The second-order valence-electron chi connectivity index (χ2n) is 26.1. The number of aryl methyl sites for hydroxylation is 1. The Morgan fingerprint density at radius 3 is 0.782 bits per heavy atom. The average Bonchev–Trinajstić information content (AvgIpc) is 0.689. The first-order valence-electron chi connectivity index (χ1n) is 34.4. The van der Waals surface area contributed by atoms with Crippen LogP contribution in [0.1, 0.15) is 104 Å². The number of aromatic nitrogens is 2. The minimum absolute atomic E-state index is 0.0947. The second-order valence-corrected chi connectivity index (χ2v) is 26.1. The van der Waals surface area contributed by atoms with E-state index in [4.69, 9.17) is 9.97 Å². The normalized spacial score (nSPS) is 14.4. The Hall–Kier alpha value is -13.1. The Morgan fingerprint density at radius 1 is 0.228 bits per heavy atom. The molecule has 0 unspecified atom stereocenters. The summed E-state index contributed by atoms with van der Waals surface area (Å²) in [6, 6.07) is 126. The molecular formula is C94H65N5O2. The molecule has 0 fully saturated rings. The highest BCUT2D eigenvalue weighted by atomic mass is 16.1. The molecule has 5 heterocycles. The number of nitrogens with zero attached hydrogens (tertiary/aromatic N) is 5. The lowest BCUT2D eigenvalue weighted by Gasteiger charge is -2.49. The van der Waals surface area contributed by atoms with Crippen LogP contribution in [0.3, 0.4) is 0 Å². The molecule has 0 amide bonds. The molecule has 0 saturated carbocycles. The van der Waals surface area contributed by atoms with Crippen molar-refractivity contribution in [1.29, 1.82) is 0 Å². The molecule has 3 aliphatic heterocycles. The number of pyridine rings is 2. The molecule has 0 radical (unpaired) electrons. The third kappa shape index (κ3) is 9.06. The molecule has 15 aromatic rings. The van der Waals surface area contributed by atoms with Crippen molar-refractivity contribution in [3.05, 3.63) is 471 Å². The molecule has 20 rings (SSSR count). The first-order chi connectivity index (χ1) is 49.9. The fourth-order valence-electron chi connectivity index (χ4n) is 17.1. The topological polar surface area (TPSA) is 69.6 Å². The van der Waals surface area contributed by atoms with Crippen molar-refractivity contribution in [2.24, 2.45) is 0 Å². The Bertz CT molecular complexity index is 5470. The average molecular weight is 1300 g/mol. The van der Waals surface area contributed by atoms with Gasteiger partial charge in [0.05, 0.1) is 56.3 Å². The Morgan fingerprint density at radius 2 is 0.475 bits per heavy atom. The van der Waals surface area contributed by atoms with Crippen molar-refractivity contribution in [2.75, 3.05) is 14.7 Å². The Balaban J connectivity index is 0.000000109. The highest BCUT2D eigenvalue weighted by Crippen LogP contribution is 2.63. The van der Waals surface area contributed by atoms with Crippen LogP contribution in [0.5, 0.6) is 0 Å². The van der Waals surface area contributed by atoms with Gasteiger partial charge in [0.25, 0.3) is 0 Å². The van der Waals surface area contributed by atoms with Crippen LogP contribution < -0.4 is 14.7 Å². The van der Waals surface area contributed by atoms with Gasteiger partial charge in [0.1, 0.15) is 5.41 Å². The third-order valence-corrected chi connectivity index (χ3v) is 21.0. The number of hydrogen-bond donors (Lipinski definition) is 0. The van der Waals surface area contributed by atoms with E-state index in [-0.39, 0.29) is 11.6 Å². The first kappa shape index (κ1) is 60.3. The summed E-state index contributed by atoms with van der Waals surface area (Å²) in [5.74, 6) is 0.191. The van der Waals surface area contributed by atoms with Gasteiger partial charge in [0, 0.05) is 51.7 Å². The number of fused-ring (bicyclic) bond motifs is 18. The van der Waals surface area contributed by atoms with E-state index in [1.807, 2.05) is 79.1 Å².